The number of hydrogen-bond donors (Lipinski definition) is 4. The number of fused-ring (bicyclic) bond motifs is 2. The van der Waals surface area contributed by atoms with E-state index in [1.807, 2.05) is 42.3 Å². The molecule has 1 aromatic heterocycles. The number of amides is 1. The highest BCUT2D eigenvalue weighted by molar-refractivity contribution is 6.32. The Hall–Kier alpha value is -2.38. The van der Waals surface area contributed by atoms with Crippen molar-refractivity contribution in [3.8, 4) is 11.3 Å². The van der Waals surface area contributed by atoms with Crippen molar-refractivity contribution in [3.63, 3.8) is 0 Å². The molecule has 2 heterocycles. The zero-order chi connectivity index (χ0) is 19.8. The molecule has 2 aromatic carbocycles. The summed E-state index contributed by atoms with van der Waals surface area (Å²) in [6.45, 7) is 1.27. The number of aliphatic hydroxyl groups excluding tert-OH is 2. The molecule has 0 saturated carbocycles. The second kappa shape index (κ2) is 7.56. The van der Waals surface area contributed by atoms with E-state index in [9.17, 15) is 9.90 Å². The van der Waals surface area contributed by atoms with Crippen LogP contribution in [0, 0.1) is 0 Å². The molecule has 1 aliphatic heterocycles. The lowest BCUT2D eigenvalue weighted by Gasteiger charge is -2.19. The fourth-order valence-electron chi connectivity index (χ4n) is 3.76. The smallest absolute Gasteiger partial charge is 0.252 e. The molecule has 0 fully saturated rings. The van der Waals surface area contributed by atoms with Gasteiger partial charge in [0.25, 0.3) is 5.91 Å². The number of carbonyl (C=O) groups excluding carboxylic acids is 1. The lowest BCUT2D eigenvalue weighted by atomic mass is 10.0. The summed E-state index contributed by atoms with van der Waals surface area (Å²) in [4.78, 5) is 17.6. The van der Waals surface area contributed by atoms with Crippen molar-refractivity contribution in [2.75, 3.05) is 20.2 Å². The number of benzene rings is 2. The summed E-state index contributed by atoms with van der Waals surface area (Å²) in [6, 6.07) is 11.9. The minimum absolute atomic E-state index is 0.101. The van der Waals surface area contributed by atoms with Crippen LogP contribution < -0.4 is 5.32 Å². The van der Waals surface area contributed by atoms with Crippen molar-refractivity contribution in [1.82, 2.24) is 15.2 Å². The molecule has 0 aliphatic carbocycles. The van der Waals surface area contributed by atoms with Crippen LogP contribution in [-0.4, -0.2) is 52.3 Å². The minimum atomic E-state index is -0.745. The predicted octanol–water partition coefficient (Wildman–Crippen LogP) is 2.52. The summed E-state index contributed by atoms with van der Waals surface area (Å²) in [5, 5.41) is 23.1. The van der Waals surface area contributed by atoms with Crippen LogP contribution in [0.15, 0.2) is 36.4 Å². The molecule has 146 valence electrons. The fraction of sp³-hybridized carbons (Fsp3) is 0.286. The number of hydrogen-bond acceptors (Lipinski definition) is 4. The molecular formula is C21H22ClN3O3. The van der Waals surface area contributed by atoms with Crippen LogP contribution in [0.25, 0.3) is 22.2 Å². The molecule has 7 heteroatoms. The van der Waals surface area contributed by atoms with Gasteiger partial charge in [0, 0.05) is 52.4 Å². The maximum atomic E-state index is 12.3. The first-order valence-corrected chi connectivity index (χ1v) is 9.53. The van der Waals surface area contributed by atoms with Gasteiger partial charge in [-0.25, -0.2) is 0 Å². The molecule has 0 bridgehead atoms. The molecule has 0 saturated heterocycles. The van der Waals surface area contributed by atoms with E-state index in [0.29, 0.717) is 30.2 Å². The highest BCUT2D eigenvalue weighted by Gasteiger charge is 2.26. The monoisotopic (exact) mass is 399 g/mol. The minimum Gasteiger partial charge on any atom is -0.394 e. The van der Waals surface area contributed by atoms with Gasteiger partial charge in [0.05, 0.1) is 18.3 Å². The topological polar surface area (TPSA) is 88.6 Å². The molecule has 0 radical (unpaired) electrons. The summed E-state index contributed by atoms with van der Waals surface area (Å²) < 4.78 is 0. The Morgan fingerprint density at radius 3 is 2.86 bits per heavy atom. The van der Waals surface area contributed by atoms with Crippen LogP contribution in [0.2, 0.25) is 5.02 Å². The number of aromatic amines is 1. The van der Waals surface area contributed by atoms with Gasteiger partial charge in [-0.1, -0.05) is 23.7 Å². The Bertz CT molecular complexity index is 1050. The Labute approximate surface area is 167 Å². The van der Waals surface area contributed by atoms with Crippen LogP contribution in [0.5, 0.6) is 0 Å². The van der Waals surface area contributed by atoms with Crippen LogP contribution >= 0.6 is 11.6 Å². The summed E-state index contributed by atoms with van der Waals surface area (Å²) in [6.07, 6.45) is -0.745. The maximum Gasteiger partial charge on any atom is 0.252 e. The fourth-order valence-corrected chi connectivity index (χ4v) is 3.98. The number of halogens is 1. The second-order valence-corrected chi connectivity index (χ2v) is 7.68. The first kappa shape index (κ1) is 19.0. The average Bonchev–Trinajstić information content (AvgIpc) is 3.26. The van der Waals surface area contributed by atoms with E-state index >= 15 is 0 Å². The molecule has 1 atom stereocenters. The molecule has 1 aliphatic rings. The molecule has 1 amide bonds. The lowest BCUT2D eigenvalue weighted by molar-refractivity contribution is 0.0648. The number of nitrogens with zero attached hydrogens (tertiary/aromatic N) is 1. The third-order valence-electron chi connectivity index (χ3n) is 5.07. The summed E-state index contributed by atoms with van der Waals surface area (Å²) >= 11 is 6.25. The van der Waals surface area contributed by atoms with Gasteiger partial charge in [-0.3, -0.25) is 9.69 Å². The summed E-state index contributed by atoms with van der Waals surface area (Å²) in [5.74, 6) is -0.101. The first-order chi connectivity index (χ1) is 13.5. The number of rotatable bonds is 6. The zero-order valence-electron chi connectivity index (χ0n) is 15.5. The Kier molecular flexibility index (Phi) is 5.12. The lowest BCUT2D eigenvalue weighted by Crippen LogP contribution is -2.30. The van der Waals surface area contributed by atoms with Gasteiger partial charge in [0.2, 0.25) is 0 Å². The highest BCUT2D eigenvalue weighted by atomic mass is 35.5. The van der Waals surface area contributed by atoms with Gasteiger partial charge in [-0.15, -0.1) is 0 Å². The largest absolute Gasteiger partial charge is 0.394 e. The van der Waals surface area contributed by atoms with Crippen molar-refractivity contribution in [1.29, 1.82) is 0 Å². The molecule has 3 aromatic rings. The third kappa shape index (κ3) is 3.52. The number of nitrogens with one attached hydrogen (secondary N) is 2. The SMILES string of the molecule is CN(Cc1ccc2[nH]c(-c3ccc(Cl)c4c3C(=O)NC4)cc2c1)CC(O)CO. The van der Waals surface area contributed by atoms with Crippen molar-refractivity contribution in [3.05, 3.63) is 58.1 Å². The first-order valence-electron chi connectivity index (χ1n) is 9.15. The van der Waals surface area contributed by atoms with Crippen molar-refractivity contribution < 1.29 is 15.0 Å². The standard InChI is InChI=1S/C21H22ClN3O3/c1-25(10-14(27)11-26)9-12-2-5-18-13(6-12)7-19(24-18)15-3-4-17(22)16-8-23-21(28)20(15)16/h2-7,14,24,26-27H,8-11H2,1H3,(H,23,28). The highest BCUT2D eigenvalue weighted by Crippen LogP contribution is 2.34. The van der Waals surface area contributed by atoms with Gasteiger partial charge in [0.1, 0.15) is 0 Å². The number of likely N-dealkylation sites (N-methyl/N-ethyl adjacent to an activating group) is 1. The second-order valence-electron chi connectivity index (χ2n) is 7.27. The van der Waals surface area contributed by atoms with Crippen molar-refractivity contribution in [2.45, 2.75) is 19.2 Å². The average molecular weight is 400 g/mol. The normalized spacial score (nSPS) is 14.5. The third-order valence-corrected chi connectivity index (χ3v) is 5.42. The predicted molar refractivity (Wildman–Crippen MR) is 109 cm³/mol. The molecule has 0 spiro atoms. The van der Waals surface area contributed by atoms with Crippen molar-refractivity contribution >= 4 is 28.4 Å². The van der Waals surface area contributed by atoms with Crippen LogP contribution in [0.3, 0.4) is 0 Å². The van der Waals surface area contributed by atoms with E-state index in [-0.39, 0.29) is 12.5 Å². The van der Waals surface area contributed by atoms with Crippen LogP contribution in [0.4, 0.5) is 0 Å². The number of carbonyl (C=O) groups is 1. The Morgan fingerprint density at radius 2 is 2.07 bits per heavy atom. The van der Waals surface area contributed by atoms with Gasteiger partial charge >= 0.3 is 0 Å². The van der Waals surface area contributed by atoms with Gasteiger partial charge < -0.3 is 20.5 Å². The maximum absolute atomic E-state index is 12.3. The number of aromatic nitrogens is 1. The van der Waals surface area contributed by atoms with E-state index < -0.39 is 6.10 Å². The van der Waals surface area contributed by atoms with E-state index in [4.69, 9.17) is 16.7 Å². The molecule has 28 heavy (non-hydrogen) atoms. The Balaban J connectivity index is 1.65. The van der Waals surface area contributed by atoms with Crippen molar-refractivity contribution in [2.24, 2.45) is 0 Å². The Morgan fingerprint density at radius 1 is 1.25 bits per heavy atom. The molecule has 4 rings (SSSR count). The molecule has 4 N–H and O–H groups in total. The van der Waals surface area contributed by atoms with Gasteiger partial charge in [-0.05, 0) is 36.9 Å². The van der Waals surface area contributed by atoms with E-state index in [2.05, 4.69) is 16.4 Å². The number of H-pyrrole nitrogens is 1. The summed E-state index contributed by atoms with van der Waals surface area (Å²) in [7, 11) is 1.90. The molecule has 1 unspecified atom stereocenters. The quantitative estimate of drug-likeness (QED) is 0.513. The van der Waals surface area contributed by atoms with E-state index in [0.717, 1.165) is 33.3 Å². The molecular weight excluding hydrogens is 378 g/mol. The van der Waals surface area contributed by atoms with Crippen LogP contribution in [0.1, 0.15) is 21.5 Å². The summed E-state index contributed by atoms with van der Waals surface area (Å²) in [5.41, 5.74) is 5.28. The molecule has 6 nitrogen and oxygen atoms in total. The van der Waals surface area contributed by atoms with Gasteiger partial charge in [-0.2, -0.15) is 0 Å². The zero-order valence-corrected chi connectivity index (χ0v) is 16.3. The van der Waals surface area contributed by atoms with E-state index in [1.165, 1.54) is 0 Å². The van der Waals surface area contributed by atoms with E-state index in [1.54, 1.807) is 0 Å². The van der Waals surface area contributed by atoms with Gasteiger partial charge in [0.15, 0.2) is 0 Å². The number of aliphatic hydroxyl groups is 2. The van der Waals surface area contributed by atoms with Crippen LogP contribution in [-0.2, 0) is 13.1 Å².